The molecule has 0 fully saturated rings. The number of ether oxygens (including phenoxy) is 1. The summed E-state index contributed by atoms with van der Waals surface area (Å²) in [5.74, 6) is 0. The molecule has 1 aromatic heterocycles. The van der Waals surface area contributed by atoms with Crippen LogP contribution in [0.1, 0.15) is 16.5 Å². The summed E-state index contributed by atoms with van der Waals surface area (Å²) < 4.78 is 5.81. The minimum Gasteiger partial charge on any atom is -0.367 e. The summed E-state index contributed by atoms with van der Waals surface area (Å²) in [4.78, 5) is 1.19. The lowest BCUT2D eigenvalue weighted by molar-refractivity contribution is 0.0480. The fourth-order valence-corrected chi connectivity index (χ4v) is 2.30. The zero-order chi connectivity index (χ0) is 11.2. The van der Waals surface area contributed by atoms with Crippen molar-refractivity contribution in [1.82, 2.24) is 0 Å². The van der Waals surface area contributed by atoms with Gasteiger partial charge in [-0.05, 0) is 17.0 Å². The van der Waals surface area contributed by atoms with E-state index in [2.05, 4.69) is 18.2 Å². The molecule has 1 atom stereocenters. The molecule has 1 unspecified atom stereocenters. The second-order valence-corrected chi connectivity index (χ2v) is 4.52. The van der Waals surface area contributed by atoms with Gasteiger partial charge in [-0.15, -0.1) is 11.3 Å². The van der Waals surface area contributed by atoms with Gasteiger partial charge in [-0.3, -0.25) is 0 Å². The van der Waals surface area contributed by atoms with Crippen LogP contribution in [-0.4, -0.2) is 6.54 Å². The second-order valence-electron chi connectivity index (χ2n) is 3.54. The Morgan fingerprint density at radius 2 is 1.94 bits per heavy atom. The van der Waals surface area contributed by atoms with Crippen LogP contribution in [0.2, 0.25) is 0 Å². The van der Waals surface area contributed by atoms with Gasteiger partial charge in [-0.25, -0.2) is 0 Å². The highest BCUT2D eigenvalue weighted by Crippen LogP contribution is 2.22. The Morgan fingerprint density at radius 1 is 1.12 bits per heavy atom. The number of rotatable bonds is 5. The summed E-state index contributed by atoms with van der Waals surface area (Å²) in [6.45, 7) is 1.13. The normalized spacial score (nSPS) is 12.6. The van der Waals surface area contributed by atoms with Gasteiger partial charge >= 0.3 is 0 Å². The molecule has 0 radical (unpaired) electrons. The Balaban J connectivity index is 1.94. The molecule has 2 nitrogen and oxygen atoms in total. The highest BCUT2D eigenvalue weighted by Gasteiger charge is 2.10. The number of hydrogen-bond acceptors (Lipinski definition) is 3. The van der Waals surface area contributed by atoms with Crippen molar-refractivity contribution in [2.24, 2.45) is 5.73 Å². The van der Waals surface area contributed by atoms with E-state index >= 15 is 0 Å². The summed E-state index contributed by atoms with van der Waals surface area (Å²) in [5, 5.41) is 2.05. The summed E-state index contributed by atoms with van der Waals surface area (Å²) in [6.07, 6.45) is 0.0141. The lowest BCUT2D eigenvalue weighted by Gasteiger charge is -2.14. The second kappa shape index (κ2) is 5.80. The lowest BCUT2D eigenvalue weighted by Crippen LogP contribution is -2.14. The number of thiophene rings is 1. The van der Waals surface area contributed by atoms with E-state index in [9.17, 15) is 0 Å². The first kappa shape index (κ1) is 11.3. The Morgan fingerprint density at radius 3 is 2.56 bits per heavy atom. The maximum Gasteiger partial charge on any atom is 0.104 e. The van der Waals surface area contributed by atoms with Gasteiger partial charge in [0, 0.05) is 11.4 Å². The number of benzene rings is 1. The minimum atomic E-state index is 0.0141. The molecular formula is C13H15NOS. The highest BCUT2D eigenvalue weighted by atomic mass is 32.1. The van der Waals surface area contributed by atoms with Gasteiger partial charge in [-0.1, -0.05) is 36.4 Å². The summed E-state index contributed by atoms with van der Waals surface area (Å²) in [7, 11) is 0. The summed E-state index contributed by atoms with van der Waals surface area (Å²) in [5.41, 5.74) is 6.89. The predicted molar refractivity (Wildman–Crippen MR) is 67.3 cm³/mol. The first-order valence-electron chi connectivity index (χ1n) is 5.29. The molecule has 0 aliphatic carbocycles. The van der Waals surface area contributed by atoms with Gasteiger partial charge in [0.25, 0.3) is 0 Å². The Bertz CT molecular complexity index is 399. The van der Waals surface area contributed by atoms with E-state index in [1.165, 1.54) is 10.4 Å². The predicted octanol–water partition coefficient (Wildman–Crippen LogP) is 2.96. The van der Waals surface area contributed by atoms with E-state index in [4.69, 9.17) is 10.5 Å². The van der Waals surface area contributed by atoms with Crippen LogP contribution in [0.4, 0.5) is 0 Å². The standard InChI is InChI=1S/C13H15NOS/c14-9-12(13-7-4-8-16-13)15-10-11-5-2-1-3-6-11/h1-8,12H,9-10,14H2. The van der Waals surface area contributed by atoms with Crippen molar-refractivity contribution in [1.29, 1.82) is 0 Å². The minimum absolute atomic E-state index is 0.0141. The van der Waals surface area contributed by atoms with E-state index in [1.54, 1.807) is 11.3 Å². The molecule has 2 rings (SSSR count). The topological polar surface area (TPSA) is 35.2 Å². The van der Waals surface area contributed by atoms with Gasteiger partial charge in [0.05, 0.1) is 6.61 Å². The molecule has 1 aromatic carbocycles. The number of hydrogen-bond donors (Lipinski definition) is 1. The Kier molecular flexibility index (Phi) is 4.10. The monoisotopic (exact) mass is 233 g/mol. The molecule has 0 saturated carbocycles. The molecule has 0 amide bonds. The van der Waals surface area contributed by atoms with Crippen LogP contribution in [0.3, 0.4) is 0 Å². The fourth-order valence-electron chi connectivity index (χ4n) is 1.51. The van der Waals surface area contributed by atoms with Crippen molar-refractivity contribution in [2.75, 3.05) is 6.54 Å². The Hall–Kier alpha value is -1.16. The smallest absolute Gasteiger partial charge is 0.104 e. The number of nitrogens with two attached hydrogens (primary N) is 1. The van der Waals surface area contributed by atoms with Crippen LogP contribution >= 0.6 is 11.3 Å². The van der Waals surface area contributed by atoms with Crippen molar-refractivity contribution in [3.8, 4) is 0 Å². The van der Waals surface area contributed by atoms with E-state index in [-0.39, 0.29) is 6.10 Å². The zero-order valence-electron chi connectivity index (χ0n) is 9.00. The molecule has 1 heterocycles. The SMILES string of the molecule is NCC(OCc1ccccc1)c1cccs1. The lowest BCUT2D eigenvalue weighted by atomic mass is 10.2. The molecule has 2 aromatic rings. The van der Waals surface area contributed by atoms with Gasteiger partial charge in [0.15, 0.2) is 0 Å². The van der Waals surface area contributed by atoms with Crippen molar-refractivity contribution < 1.29 is 4.74 Å². The average molecular weight is 233 g/mol. The van der Waals surface area contributed by atoms with Gasteiger partial charge in [0.1, 0.15) is 6.10 Å². The Labute approximate surface area is 99.7 Å². The van der Waals surface area contributed by atoms with Crippen LogP contribution < -0.4 is 5.73 Å². The highest BCUT2D eigenvalue weighted by molar-refractivity contribution is 7.10. The third-order valence-electron chi connectivity index (χ3n) is 2.37. The molecule has 16 heavy (non-hydrogen) atoms. The quantitative estimate of drug-likeness (QED) is 0.861. The molecule has 3 heteroatoms. The summed E-state index contributed by atoms with van der Waals surface area (Å²) >= 11 is 1.69. The molecule has 0 aliphatic rings. The van der Waals surface area contributed by atoms with E-state index in [0.29, 0.717) is 13.2 Å². The maximum absolute atomic E-state index is 5.81. The summed E-state index contributed by atoms with van der Waals surface area (Å²) in [6, 6.07) is 14.2. The van der Waals surface area contributed by atoms with Crippen molar-refractivity contribution in [3.63, 3.8) is 0 Å². The van der Waals surface area contributed by atoms with Crippen molar-refractivity contribution in [3.05, 3.63) is 58.3 Å². The molecule has 0 spiro atoms. The van der Waals surface area contributed by atoms with E-state index < -0.39 is 0 Å². The van der Waals surface area contributed by atoms with E-state index in [0.717, 1.165) is 0 Å². The average Bonchev–Trinajstić information content (AvgIpc) is 2.85. The van der Waals surface area contributed by atoms with Crippen LogP contribution in [0.25, 0.3) is 0 Å². The van der Waals surface area contributed by atoms with Crippen LogP contribution in [0.15, 0.2) is 47.8 Å². The molecule has 0 aliphatic heterocycles. The van der Waals surface area contributed by atoms with Crippen molar-refractivity contribution in [2.45, 2.75) is 12.7 Å². The molecule has 2 N–H and O–H groups in total. The molecular weight excluding hydrogens is 218 g/mol. The van der Waals surface area contributed by atoms with Crippen LogP contribution in [-0.2, 0) is 11.3 Å². The van der Waals surface area contributed by atoms with E-state index in [1.807, 2.05) is 29.6 Å². The maximum atomic E-state index is 5.81. The third-order valence-corrected chi connectivity index (χ3v) is 3.33. The third kappa shape index (κ3) is 2.92. The van der Waals surface area contributed by atoms with Gasteiger partial charge < -0.3 is 10.5 Å². The molecule has 0 saturated heterocycles. The van der Waals surface area contributed by atoms with Crippen LogP contribution in [0.5, 0.6) is 0 Å². The van der Waals surface area contributed by atoms with Gasteiger partial charge in [0.2, 0.25) is 0 Å². The zero-order valence-corrected chi connectivity index (χ0v) is 9.82. The first-order valence-corrected chi connectivity index (χ1v) is 6.17. The van der Waals surface area contributed by atoms with Crippen molar-refractivity contribution >= 4 is 11.3 Å². The fraction of sp³-hybridized carbons (Fsp3) is 0.231. The van der Waals surface area contributed by atoms with Crippen LogP contribution in [0, 0.1) is 0 Å². The first-order chi connectivity index (χ1) is 7.90. The molecule has 84 valence electrons. The largest absolute Gasteiger partial charge is 0.367 e. The van der Waals surface area contributed by atoms with Gasteiger partial charge in [-0.2, -0.15) is 0 Å². The molecule has 0 bridgehead atoms.